The van der Waals surface area contributed by atoms with Crippen molar-refractivity contribution in [3.8, 4) is 5.88 Å². The van der Waals surface area contributed by atoms with Gasteiger partial charge in [0, 0.05) is 12.1 Å². The Morgan fingerprint density at radius 1 is 1.39 bits per heavy atom. The number of ether oxygens (including phenoxy) is 1. The van der Waals surface area contributed by atoms with Gasteiger partial charge in [-0.05, 0) is 50.8 Å². The number of aromatic nitrogens is 2. The molecule has 0 bridgehead atoms. The zero-order valence-electron chi connectivity index (χ0n) is 12.9. The highest BCUT2D eigenvalue weighted by Gasteiger charge is 2.12. The number of benzene rings is 1. The van der Waals surface area contributed by atoms with Crippen LogP contribution in [-0.4, -0.2) is 34.6 Å². The maximum absolute atomic E-state index is 10.7. The Kier molecular flexibility index (Phi) is 4.97. The Labute approximate surface area is 134 Å². The number of hydrogen-bond acceptors (Lipinski definition) is 6. The summed E-state index contributed by atoms with van der Waals surface area (Å²) in [5.41, 5.74) is 1.12. The highest BCUT2D eigenvalue weighted by Crippen LogP contribution is 2.20. The van der Waals surface area contributed by atoms with Crippen LogP contribution in [0.1, 0.15) is 25.7 Å². The fourth-order valence-electron chi connectivity index (χ4n) is 2.88. The number of nitro benzene ring substituents is 1. The van der Waals surface area contributed by atoms with Gasteiger partial charge in [0.1, 0.15) is 0 Å². The molecule has 3 rings (SSSR count). The summed E-state index contributed by atoms with van der Waals surface area (Å²) in [5.74, 6) is 1.21. The maximum Gasteiger partial charge on any atom is 0.271 e. The van der Waals surface area contributed by atoms with E-state index in [2.05, 4.69) is 15.3 Å². The molecule has 1 atom stereocenters. The van der Waals surface area contributed by atoms with Crippen LogP contribution in [0.5, 0.6) is 5.88 Å². The second-order valence-corrected chi connectivity index (χ2v) is 5.84. The third-order valence-electron chi connectivity index (χ3n) is 4.12. The van der Waals surface area contributed by atoms with E-state index in [0.717, 1.165) is 31.8 Å². The van der Waals surface area contributed by atoms with Crippen LogP contribution in [0.25, 0.3) is 11.0 Å². The molecule has 1 aliphatic heterocycles. The van der Waals surface area contributed by atoms with Crippen molar-refractivity contribution in [2.45, 2.75) is 25.7 Å². The summed E-state index contributed by atoms with van der Waals surface area (Å²) in [4.78, 5) is 18.8. The minimum atomic E-state index is -0.439. The fraction of sp³-hybridized carbons (Fsp3) is 0.500. The summed E-state index contributed by atoms with van der Waals surface area (Å²) in [7, 11) is 0. The van der Waals surface area contributed by atoms with Gasteiger partial charge in [-0.15, -0.1) is 0 Å². The fourth-order valence-corrected chi connectivity index (χ4v) is 2.88. The van der Waals surface area contributed by atoms with Crippen molar-refractivity contribution in [2.75, 3.05) is 19.7 Å². The molecule has 0 radical (unpaired) electrons. The van der Waals surface area contributed by atoms with E-state index in [-0.39, 0.29) is 5.69 Å². The van der Waals surface area contributed by atoms with Gasteiger partial charge in [-0.1, -0.05) is 0 Å². The summed E-state index contributed by atoms with van der Waals surface area (Å²) in [6.45, 7) is 2.86. The van der Waals surface area contributed by atoms with E-state index in [1.807, 2.05) is 0 Å². The van der Waals surface area contributed by atoms with Gasteiger partial charge < -0.3 is 10.1 Å². The molecule has 1 aromatic heterocycles. The Bertz CT molecular complexity index is 686. The van der Waals surface area contributed by atoms with Gasteiger partial charge in [0.05, 0.1) is 28.8 Å². The van der Waals surface area contributed by atoms with Crippen molar-refractivity contribution in [3.05, 3.63) is 34.5 Å². The first-order valence-electron chi connectivity index (χ1n) is 7.97. The summed E-state index contributed by atoms with van der Waals surface area (Å²) in [6.07, 6.45) is 6.22. The zero-order valence-corrected chi connectivity index (χ0v) is 12.9. The first-order chi connectivity index (χ1) is 11.2. The molecular formula is C16H20N4O3. The second-order valence-electron chi connectivity index (χ2n) is 5.84. The van der Waals surface area contributed by atoms with Gasteiger partial charge in [-0.25, -0.2) is 9.97 Å². The molecular weight excluding hydrogens is 296 g/mol. The first-order valence-corrected chi connectivity index (χ1v) is 7.97. The van der Waals surface area contributed by atoms with Gasteiger partial charge in [0.2, 0.25) is 5.88 Å². The molecule has 2 heterocycles. The molecule has 0 unspecified atom stereocenters. The molecule has 122 valence electrons. The number of piperidine rings is 1. The molecule has 1 aromatic carbocycles. The lowest BCUT2D eigenvalue weighted by Crippen LogP contribution is -2.29. The number of rotatable bonds is 6. The Hall–Kier alpha value is -2.28. The molecule has 7 nitrogen and oxygen atoms in total. The van der Waals surface area contributed by atoms with Crippen LogP contribution in [0.15, 0.2) is 24.4 Å². The van der Waals surface area contributed by atoms with Gasteiger partial charge in [0.15, 0.2) is 0 Å². The molecule has 0 amide bonds. The molecule has 7 heteroatoms. The summed E-state index contributed by atoms with van der Waals surface area (Å²) in [6, 6.07) is 4.44. The topological polar surface area (TPSA) is 90.2 Å². The van der Waals surface area contributed by atoms with Crippen LogP contribution in [0.2, 0.25) is 0 Å². The zero-order chi connectivity index (χ0) is 16.1. The minimum absolute atomic E-state index is 0.0153. The summed E-state index contributed by atoms with van der Waals surface area (Å²) >= 11 is 0. The highest BCUT2D eigenvalue weighted by atomic mass is 16.6. The third-order valence-corrected chi connectivity index (χ3v) is 4.12. The number of non-ortho nitro benzene ring substituents is 1. The highest BCUT2D eigenvalue weighted by molar-refractivity contribution is 5.77. The normalized spacial score (nSPS) is 18.0. The lowest BCUT2D eigenvalue weighted by Gasteiger charge is -2.22. The predicted molar refractivity (Wildman–Crippen MR) is 86.5 cm³/mol. The SMILES string of the molecule is O=[N+]([O-])c1ccc2nc(OCCC[C@@H]3CCCNC3)cnc2c1. The van der Waals surface area contributed by atoms with Crippen LogP contribution in [0.4, 0.5) is 5.69 Å². The number of nitrogens with one attached hydrogen (secondary N) is 1. The molecule has 1 N–H and O–H groups in total. The van der Waals surface area contributed by atoms with E-state index in [9.17, 15) is 10.1 Å². The van der Waals surface area contributed by atoms with Crippen LogP contribution >= 0.6 is 0 Å². The average molecular weight is 316 g/mol. The molecule has 23 heavy (non-hydrogen) atoms. The van der Waals surface area contributed by atoms with Crippen LogP contribution in [0.3, 0.4) is 0 Å². The molecule has 0 saturated carbocycles. The molecule has 1 fully saturated rings. The minimum Gasteiger partial charge on any atom is -0.477 e. The number of hydrogen-bond donors (Lipinski definition) is 1. The van der Waals surface area contributed by atoms with E-state index in [0.29, 0.717) is 23.5 Å². The van der Waals surface area contributed by atoms with Crippen molar-refractivity contribution in [2.24, 2.45) is 5.92 Å². The molecule has 0 spiro atoms. The Morgan fingerprint density at radius 3 is 3.09 bits per heavy atom. The smallest absolute Gasteiger partial charge is 0.271 e. The van der Waals surface area contributed by atoms with Crippen molar-refractivity contribution < 1.29 is 9.66 Å². The van der Waals surface area contributed by atoms with Crippen molar-refractivity contribution in [1.29, 1.82) is 0 Å². The number of nitrogens with zero attached hydrogens (tertiary/aromatic N) is 3. The van der Waals surface area contributed by atoms with E-state index >= 15 is 0 Å². The molecule has 1 saturated heterocycles. The van der Waals surface area contributed by atoms with E-state index < -0.39 is 4.92 Å². The number of nitro groups is 1. The predicted octanol–water partition coefficient (Wildman–Crippen LogP) is 2.70. The molecule has 2 aromatic rings. The van der Waals surface area contributed by atoms with Crippen LogP contribution in [0, 0.1) is 16.0 Å². The average Bonchev–Trinajstić information content (AvgIpc) is 2.59. The quantitative estimate of drug-likeness (QED) is 0.500. The summed E-state index contributed by atoms with van der Waals surface area (Å²) in [5, 5.41) is 14.2. The monoisotopic (exact) mass is 316 g/mol. The largest absolute Gasteiger partial charge is 0.477 e. The van der Waals surface area contributed by atoms with E-state index in [4.69, 9.17) is 4.74 Å². The first kappa shape index (κ1) is 15.6. The maximum atomic E-state index is 10.7. The standard InChI is InChI=1S/C16H20N4O3/c21-20(22)13-5-6-14-15(9-13)18-11-16(19-14)23-8-2-4-12-3-1-7-17-10-12/h5-6,9,11-12,17H,1-4,7-8,10H2/t12-/m0/s1. The van der Waals surface area contributed by atoms with Crippen molar-refractivity contribution in [1.82, 2.24) is 15.3 Å². The third kappa shape index (κ3) is 4.13. The molecule has 0 aliphatic carbocycles. The van der Waals surface area contributed by atoms with Gasteiger partial charge in [-0.3, -0.25) is 10.1 Å². The Balaban J connectivity index is 1.53. The lowest BCUT2D eigenvalue weighted by molar-refractivity contribution is -0.384. The van der Waals surface area contributed by atoms with Gasteiger partial charge in [-0.2, -0.15) is 0 Å². The molecule has 1 aliphatic rings. The lowest BCUT2D eigenvalue weighted by atomic mass is 9.95. The van der Waals surface area contributed by atoms with Gasteiger partial charge in [0.25, 0.3) is 5.69 Å². The van der Waals surface area contributed by atoms with Crippen molar-refractivity contribution in [3.63, 3.8) is 0 Å². The van der Waals surface area contributed by atoms with Gasteiger partial charge >= 0.3 is 0 Å². The van der Waals surface area contributed by atoms with Crippen LogP contribution in [-0.2, 0) is 0 Å². The van der Waals surface area contributed by atoms with E-state index in [1.54, 1.807) is 6.07 Å². The Morgan fingerprint density at radius 2 is 2.30 bits per heavy atom. The van der Waals surface area contributed by atoms with E-state index in [1.165, 1.54) is 31.2 Å². The second kappa shape index (κ2) is 7.32. The van der Waals surface area contributed by atoms with Crippen molar-refractivity contribution >= 4 is 16.7 Å². The van der Waals surface area contributed by atoms with Crippen LogP contribution < -0.4 is 10.1 Å². The summed E-state index contributed by atoms with van der Waals surface area (Å²) < 4.78 is 5.65. The number of fused-ring (bicyclic) bond motifs is 1.